The molecule has 1 aromatic rings. The van der Waals surface area contributed by atoms with Gasteiger partial charge in [-0.2, -0.15) is 0 Å². The number of amides is 2. The Morgan fingerprint density at radius 1 is 1.19 bits per heavy atom. The van der Waals surface area contributed by atoms with Crippen LogP contribution in [0.25, 0.3) is 0 Å². The quantitative estimate of drug-likeness (QED) is 0.833. The molecule has 1 aliphatic heterocycles. The van der Waals surface area contributed by atoms with E-state index < -0.39 is 0 Å². The fourth-order valence-corrected chi connectivity index (χ4v) is 2.25. The molecule has 0 atom stereocenters. The number of rotatable bonds is 5. The Labute approximate surface area is 129 Å². The number of carbonyl (C=O) groups excluding carboxylic acids is 2. The highest BCUT2D eigenvalue weighted by molar-refractivity contribution is 6.30. The summed E-state index contributed by atoms with van der Waals surface area (Å²) in [5, 5.41) is 3.46. The van der Waals surface area contributed by atoms with E-state index in [1.807, 2.05) is 24.3 Å². The number of carbonyl (C=O) groups is 2. The van der Waals surface area contributed by atoms with Crippen molar-refractivity contribution in [1.29, 1.82) is 0 Å². The molecule has 0 aliphatic carbocycles. The standard InChI is InChI=1S/C15H19ClN2O3/c16-13-3-1-12(2-4-13)5-6-17-14(19)11-15(20)18-7-9-21-10-8-18/h1-4H,5-11H2,(H,17,19). The number of nitrogens with one attached hydrogen (secondary N) is 1. The second-order valence-corrected chi connectivity index (χ2v) is 5.33. The summed E-state index contributed by atoms with van der Waals surface area (Å²) < 4.78 is 5.17. The van der Waals surface area contributed by atoms with Crippen LogP contribution in [0.4, 0.5) is 0 Å². The molecule has 1 aliphatic rings. The molecule has 2 amide bonds. The lowest BCUT2D eigenvalue weighted by Gasteiger charge is -2.26. The molecule has 1 aromatic carbocycles. The van der Waals surface area contributed by atoms with E-state index in [0.717, 1.165) is 5.56 Å². The molecule has 0 saturated carbocycles. The van der Waals surface area contributed by atoms with Gasteiger partial charge in [0.1, 0.15) is 6.42 Å². The van der Waals surface area contributed by atoms with E-state index in [1.165, 1.54) is 0 Å². The minimum Gasteiger partial charge on any atom is -0.378 e. The maximum atomic E-state index is 11.9. The van der Waals surface area contributed by atoms with Crippen molar-refractivity contribution in [1.82, 2.24) is 10.2 Å². The van der Waals surface area contributed by atoms with Crippen LogP contribution in [-0.4, -0.2) is 49.6 Å². The van der Waals surface area contributed by atoms with E-state index in [0.29, 0.717) is 44.3 Å². The molecule has 0 bridgehead atoms. The number of ether oxygens (including phenoxy) is 1. The Morgan fingerprint density at radius 3 is 2.52 bits per heavy atom. The lowest BCUT2D eigenvalue weighted by Crippen LogP contribution is -2.42. The summed E-state index contributed by atoms with van der Waals surface area (Å²) in [7, 11) is 0. The number of halogens is 1. The van der Waals surface area contributed by atoms with Gasteiger partial charge >= 0.3 is 0 Å². The third-order valence-corrected chi connectivity index (χ3v) is 3.58. The van der Waals surface area contributed by atoms with Crippen LogP contribution in [0.2, 0.25) is 5.02 Å². The van der Waals surface area contributed by atoms with E-state index in [2.05, 4.69) is 5.32 Å². The van der Waals surface area contributed by atoms with Gasteiger partial charge in [0.05, 0.1) is 13.2 Å². The average Bonchev–Trinajstić information content (AvgIpc) is 2.50. The van der Waals surface area contributed by atoms with Crippen molar-refractivity contribution >= 4 is 23.4 Å². The van der Waals surface area contributed by atoms with Crippen LogP contribution in [0.15, 0.2) is 24.3 Å². The summed E-state index contributed by atoms with van der Waals surface area (Å²) in [6, 6.07) is 7.49. The van der Waals surface area contributed by atoms with E-state index in [1.54, 1.807) is 4.90 Å². The van der Waals surface area contributed by atoms with Crippen LogP contribution < -0.4 is 5.32 Å². The normalized spacial score (nSPS) is 14.8. The van der Waals surface area contributed by atoms with Crippen molar-refractivity contribution in [3.8, 4) is 0 Å². The fourth-order valence-electron chi connectivity index (χ4n) is 2.12. The van der Waals surface area contributed by atoms with Crippen LogP contribution in [0.3, 0.4) is 0 Å². The first-order valence-corrected chi connectivity index (χ1v) is 7.39. The average molecular weight is 311 g/mol. The number of hydrogen-bond acceptors (Lipinski definition) is 3. The maximum absolute atomic E-state index is 11.9. The molecule has 0 radical (unpaired) electrons. The summed E-state index contributed by atoms with van der Waals surface area (Å²) in [6.07, 6.45) is 0.620. The molecule has 1 saturated heterocycles. The molecular formula is C15H19ClN2O3. The van der Waals surface area contributed by atoms with Gasteiger partial charge < -0.3 is 15.0 Å². The zero-order valence-electron chi connectivity index (χ0n) is 11.8. The van der Waals surface area contributed by atoms with Crippen LogP contribution in [0.5, 0.6) is 0 Å². The van der Waals surface area contributed by atoms with Crippen LogP contribution in [0, 0.1) is 0 Å². The molecule has 21 heavy (non-hydrogen) atoms. The van der Waals surface area contributed by atoms with Crippen molar-refractivity contribution in [3.63, 3.8) is 0 Å². The Kier molecular flexibility index (Phi) is 6.02. The Morgan fingerprint density at radius 2 is 1.86 bits per heavy atom. The van der Waals surface area contributed by atoms with Crippen molar-refractivity contribution in [2.75, 3.05) is 32.8 Å². The molecule has 114 valence electrons. The van der Waals surface area contributed by atoms with Crippen molar-refractivity contribution < 1.29 is 14.3 Å². The van der Waals surface area contributed by atoms with E-state index in [9.17, 15) is 9.59 Å². The minimum absolute atomic E-state index is 0.0966. The van der Waals surface area contributed by atoms with Gasteiger partial charge in [-0.1, -0.05) is 23.7 Å². The first-order chi connectivity index (χ1) is 10.1. The van der Waals surface area contributed by atoms with Crippen LogP contribution in [-0.2, 0) is 20.7 Å². The van der Waals surface area contributed by atoms with Gasteiger partial charge in [-0.3, -0.25) is 9.59 Å². The monoisotopic (exact) mass is 310 g/mol. The largest absolute Gasteiger partial charge is 0.378 e. The van der Waals surface area contributed by atoms with E-state index in [-0.39, 0.29) is 18.2 Å². The van der Waals surface area contributed by atoms with E-state index in [4.69, 9.17) is 16.3 Å². The number of morpholine rings is 1. The van der Waals surface area contributed by atoms with Crippen molar-refractivity contribution in [2.24, 2.45) is 0 Å². The summed E-state index contributed by atoms with van der Waals surface area (Å²) in [6.45, 7) is 2.73. The molecule has 1 fully saturated rings. The summed E-state index contributed by atoms with van der Waals surface area (Å²) in [5.74, 6) is -0.372. The van der Waals surface area contributed by atoms with Gasteiger partial charge in [-0.15, -0.1) is 0 Å². The van der Waals surface area contributed by atoms with Crippen molar-refractivity contribution in [2.45, 2.75) is 12.8 Å². The van der Waals surface area contributed by atoms with Gasteiger partial charge in [0.25, 0.3) is 0 Å². The SMILES string of the molecule is O=C(CC(=O)N1CCOCC1)NCCc1ccc(Cl)cc1. The highest BCUT2D eigenvalue weighted by Gasteiger charge is 2.19. The third kappa shape index (κ3) is 5.36. The second kappa shape index (κ2) is 8.00. The van der Waals surface area contributed by atoms with E-state index >= 15 is 0 Å². The Bertz CT molecular complexity index is 484. The molecule has 0 unspecified atom stereocenters. The van der Waals surface area contributed by atoms with Crippen molar-refractivity contribution in [3.05, 3.63) is 34.9 Å². The highest BCUT2D eigenvalue weighted by Crippen LogP contribution is 2.09. The zero-order chi connectivity index (χ0) is 15.1. The maximum Gasteiger partial charge on any atom is 0.232 e. The molecular weight excluding hydrogens is 292 g/mol. The summed E-state index contributed by atoms with van der Waals surface area (Å²) >= 11 is 5.81. The first-order valence-electron chi connectivity index (χ1n) is 7.02. The van der Waals surface area contributed by atoms with Gasteiger partial charge in [0.15, 0.2) is 0 Å². The molecule has 1 heterocycles. The number of hydrogen-bond donors (Lipinski definition) is 1. The van der Waals surface area contributed by atoms with Gasteiger partial charge in [-0.05, 0) is 24.1 Å². The molecule has 5 nitrogen and oxygen atoms in total. The molecule has 0 aromatic heterocycles. The van der Waals surface area contributed by atoms with Gasteiger partial charge in [-0.25, -0.2) is 0 Å². The van der Waals surface area contributed by atoms with Crippen LogP contribution in [0.1, 0.15) is 12.0 Å². The summed E-state index contributed by atoms with van der Waals surface area (Å²) in [5.41, 5.74) is 1.10. The van der Waals surface area contributed by atoms with Crippen LogP contribution >= 0.6 is 11.6 Å². The molecule has 2 rings (SSSR count). The van der Waals surface area contributed by atoms with Gasteiger partial charge in [0, 0.05) is 24.7 Å². The Hall–Kier alpha value is -1.59. The minimum atomic E-state index is -0.236. The van der Waals surface area contributed by atoms with Gasteiger partial charge in [0.2, 0.25) is 11.8 Å². The predicted octanol–water partition coefficient (Wildman–Crippen LogP) is 1.25. The third-order valence-electron chi connectivity index (χ3n) is 3.32. The second-order valence-electron chi connectivity index (χ2n) is 4.90. The number of benzene rings is 1. The smallest absolute Gasteiger partial charge is 0.232 e. The zero-order valence-corrected chi connectivity index (χ0v) is 12.6. The predicted molar refractivity (Wildman–Crippen MR) is 80.2 cm³/mol. The lowest BCUT2D eigenvalue weighted by molar-refractivity contribution is -0.139. The summed E-state index contributed by atoms with van der Waals surface area (Å²) in [4.78, 5) is 25.3. The molecule has 1 N–H and O–H groups in total. The topological polar surface area (TPSA) is 58.6 Å². The highest BCUT2D eigenvalue weighted by atomic mass is 35.5. The first kappa shape index (κ1) is 15.8. The number of nitrogens with zero attached hydrogens (tertiary/aromatic N) is 1. The fraction of sp³-hybridized carbons (Fsp3) is 0.467. The Balaban J connectivity index is 1.67. The molecule has 0 spiro atoms. The lowest BCUT2D eigenvalue weighted by atomic mass is 10.1. The molecule has 6 heteroatoms.